The molecular weight excluding hydrogens is 879 g/mol. The normalized spacial score (nSPS) is 42.1. The standard InChI is InChI=1S/C60H67NO9/c1-70-53-24-44(37(31-63)19-52(53)68)43-22-42(65)29-59(69)39(10-6-16-62)27-57-28-40-18-35-13-14-41(64)21-45(35)48-20-38-9-5-15-56(38)32-58(40,48)54-26-47(56)46-23-50(66)51(67)25-49(46)60(54,57)55(59)36(30-61-57)12-11-34(43)17-33-7-3-2-4-8-33/h2-4,7-8,13-14,18-20,23-25,34,36,38-41,43,45,47,54-55,61-64,66-69H,5-6,9-10,15-17,21-22,26-32H2,1H3. The number of piperidine rings is 1. The molecule has 13 rings (SSSR count). The summed E-state index contributed by atoms with van der Waals surface area (Å²) in [4.78, 5) is 15.7. The number of carbonyl (C=O) groups excluding carboxylic acids is 1. The average Bonchev–Trinajstić information content (AvgIpc) is 3.76. The lowest BCUT2D eigenvalue weighted by Gasteiger charge is -2.82. The fourth-order valence-electron chi connectivity index (χ4n) is 19.1. The summed E-state index contributed by atoms with van der Waals surface area (Å²) in [7, 11) is 1.49. The molecule has 10 aliphatic rings. The topological polar surface area (TPSA) is 180 Å². The minimum Gasteiger partial charge on any atom is -0.504 e. The van der Waals surface area contributed by atoms with Crippen molar-refractivity contribution in [1.29, 1.82) is 0 Å². The van der Waals surface area contributed by atoms with Crippen molar-refractivity contribution in [2.75, 3.05) is 20.3 Å². The summed E-state index contributed by atoms with van der Waals surface area (Å²) < 4.78 is 5.63. The highest BCUT2D eigenvalue weighted by Gasteiger charge is 2.83. The molecule has 10 heteroatoms. The van der Waals surface area contributed by atoms with Crippen molar-refractivity contribution in [2.24, 2.45) is 58.2 Å². The number of aliphatic hydroxyl groups is 4. The van der Waals surface area contributed by atoms with Gasteiger partial charge in [0.05, 0.1) is 25.4 Å². The van der Waals surface area contributed by atoms with Crippen LogP contribution in [-0.4, -0.2) is 79.0 Å². The summed E-state index contributed by atoms with van der Waals surface area (Å²) in [6, 6.07) is 17.1. The molecule has 3 spiro atoms. The number of nitrogens with one attached hydrogen (secondary N) is 1. The molecule has 16 unspecified atom stereocenters. The van der Waals surface area contributed by atoms with Crippen molar-refractivity contribution in [3.63, 3.8) is 0 Å². The Bertz CT molecular complexity index is 2840. The predicted molar refractivity (Wildman–Crippen MR) is 263 cm³/mol. The Labute approximate surface area is 410 Å². The van der Waals surface area contributed by atoms with Gasteiger partial charge in [-0.25, -0.2) is 0 Å². The van der Waals surface area contributed by atoms with E-state index in [4.69, 9.17) is 4.74 Å². The number of methoxy groups -OCH3 is 1. The minimum atomic E-state index is -1.59. The zero-order valence-electron chi connectivity index (χ0n) is 40.1. The van der Waals surface area contributed by atoms with Crippen LogP contribution < -0.4 is 10.1 Å². The van der Waals surface area contributed by atoms with E-state index in [0.29, 0.717) is 55.7 Å². The van der Waals surface area contributed by atoms with Crippen LogP contribution in [0.5, 0.6) is 23.0 Å². The van der Waals surface area contributed by atoms with Crippen molar-refractivity contribution in [3.8, 4) is 34.8 Å². The van der Waals surface area contributed by atoms with Gasteiger partial charge in [0.25, 0.3) is 0 Å². The number of Topliss-reactive ketones (excluding diaryl/α,β-unsaturated/α-hetero) is 1. The number of phenols is 3. The summed E-state index contributed by atoms with van der Waals surface area (Å²) in [5.74, 6) is 5.79. The molecule has 1 aliphatic heterocycles. The largest absolute Gasteiger partial charge is 0.504 e. The van der Waals surface area contributed by atoms with Gasteiger partial charge in [-0.1, -0.05) is 78.5 Å². The van der Waals surface area contributed by atoms with E-state index in [1.54, 1.807) is 6.07 Å². The van der Waals surface area contributed by atoms with Crippen LogP contribution in [0, 0.1) is 70.0 Å². The van der Waals surface area contributed by atoms with Crippen LogP contribution in [0.4, 0.5) is 0 Å². The zero-order valence-corrected chi connectivity index (χ0v) is 40.1. The van der Waals surface area contributed by atoms with Crippen molar-refractivity contribution in [1.82, 2.24) is 5.32 Å². The Morgan fingerprint density at radius 2 is 1.76 bits per heavy atom. The number of fused-ring (bicyclic) bond motifs is 5. The number of aliphatic hydroxyl groups excluding tert-OH is 3. The molecule has 0 radical (unpaired) electrons. The monoisotopic (exact) mass is 945 g/mol. The number of ketones is 1. The van der Waals surface area contributed by atoms with Crippen LogP contribution in [0.3, 0.4) is 0 Å². The van der Waals surface area contributed by atoms with Gasteiger partial charge in [-0.3, -0.25) is 4.79 Å². The van der Waals surface area contributed by atoms with Gasteiger partial charge in [-0.05, 0) is 157 Å². The van der Waals surface area contributed by atoms with E-state index in [1.807, 2.05) is 36.4 Å². The van der Waals surface area contributed by atoms with E-state index in [9.17, 15) is 35.7 Å². The molecule has 366 valence electrons. The number of phenolic OH excluding ortho intramolecular Hbond substituents is 3. The van der Waals surface area contributed by atoms with Crippen molar-refractivity contribution in [3.05, 3.63) is 118 Å². The van der Waals surface area contributed by atoms with Crippen molar-refractivity contribution >= 4 is 5.78 Å². The highest BCUT2D eigenvalue weighted by Crippen LogP contribution is 2.85. The Balaban J connectivity index is 1.09. The van der Waals surface area contributed by atoms with Crippen molar-refractivity contribution < 1.29 is 45.3 Å². The smallest absolute Gasteiger partial charge is 0.160 e. The number of carbonyl (C=O) groups is 1. The van der Waals surface area contributed by atoms with E-state index >= 15 is 4.79 Å². The third kappa shape index (κ3) is 5.84. The summed E-state index contributed by atoms with van der Waals surface area (Å²) in [6.07, 6.45) is 17.4. The van der Waals surface area contributed by atoms with Gasteiger partial charge in [-0.2, -0.15) is 0 Å². The lowest BCUT2D eigenvalue weighted by atomic mass is 9.23. The maximum absolute atomic E-state index is 15.7. The average molecular weight is 946 g/mol. The fraction of sp³-hybridized carbons (Fsp3) is 0.550. The second kappa shape index (κ2) is 15.8. The molecule has 1 saturated heterocycles. The van der Waals surface area contributed by atoms with E-state index in [-0.39, 0.29) is 95.3 Å². The number of hydrogen-bond donors (Lipinski definition) is 8. The number of allylic oxidation sites excluding steroid dienone is 5. The molecule has 8 N–H and O–H groups in total. The maximum Gasteiger partial charge on any atom is 0.160 e. The number of benzene rings is 3. The third-order valence-corrected chi connectivity index (χ3v) is 21.2. The first-order chi connectivity index (χ1) is 33.8. The van der Waals surface area contributed by atoms with Gasteiger partial charge in [0, 0.05) is 72.0 Å². The molecule has 9 aliphatic carbocycles. The first-order valence-electron chi connectivity index (χ1n) is 26.4. The van der Waals surface area contributed by atoms with Crippen LogP contribution in [0.25, 0.3) is 0 Å². The lowest BCUT2D eigenvalue weighted by molar-refractivity contribution is -0.264. The fourth-order valence-corrected chi connectivity index (χ4v) is 19.1. The van der Waals surface area contributed by atoms with Crippen LogP contribution >= 0.6 is 0 Å². The Morgan fingerprint density at radius 3 is 2.56 bits per heavy atom. The van der Waals surface area contributed by atoms with Crippen LogP contribution in [-0.2, 0) is 23.2 Å². The predicted octanol–water partition coefficient (Wildman–Crippen LogP) is 7.77. The van der Waals surface area contributed by atoms with E-state index in [1.165, 1.54) is 24.3 Å². The molecule has 0 amide bonds. The van der Waals surface area contributed by atoms with E-state index in [2.05, 4.69) is 47.5 Å². The second-order valence-electron chi connectivity index (χ2n) is 23.7. The third-order valence-electron chi connectivity index (χ3n) is 21.2. The number of rotatable bonds is 8. The maximum atomic E-state index is 15.7. The molecular formula is C60H67NO9. The van der Waals surface area contributed by atoms with Crippen LogP contribution in [0.1, 0.15) is 117 Å². The molecule has 3 aromatic rings. The highest BCUT2D eigenvalue weighted by atomic mass is 16.5. The first-order valence-corrected chi connectivity index (χ1v) is 26.4. The van der Waals surface area contributed by atoms with Gasteiger partial charge in [0.2, 0.25) is 0 Å². The summed E-state index contributed by atoms with van der Waals surface area (Å²) in [5.41, 5.74) is 3.61. The van der Waals surface area contributed by atoms with Crippen LogP contribution in [0.2, 0.25) is 0 Å². The van der Waals surface area contributed by atoms with Gasteiger partial charge < -0.3 is 45.8 Å². The van der Waals surface area contributed by atoms with Gasteiger partial charge >= 0.3 is 0 Å². The number of ether oxygens (including phenoxy) is 1. The quantitative estimate of drug-likeness (QED) is 0.0632. The molecule has 6 bridgehead atoms. The van der Waals surface area contributed by atoms with Gasteiger partial charge in [0.1, 0.15) is 5.78 Å². The summed E-state index contributed by atoms with van der Waals surface area (Å²) >= 11 is 0. The molecule has 0 aromatic heterocycles. The van der Waals surface area contributed by atoms with E-state index < -0.39 is 46.3 Å². The first kappa shape index (κ1) is 45.0. The summed E-state index contributed by atoms with van der Waals surface area (Å²) in [6.45, 7) is 0.0636. The summed E-state index contributed by atoms with van der Waals surface area (Å²) in [5, 5.41) is 86.2. The molecule has 5 fully saturated rings. The van der Waals surface area contributed by atoms with Crippen molar-refractivity contribution in [2.45, 2.75) is 125 Å². The molecule has 70 heavy (non-hydrogen) atoms. The van der Waals surface area contributed by atoms with E-state index in [0.717, 1.165) is 55.2 Å². The van der Waals surface area contributed by atoms with Crippen LogP contribution in [0.15, 0.2) is 90.0 Å². The SMILES string of the molecule is COc1cc(C2CC(=O)CC3(O)C(CCCO)CC45CC6C=C7C=CC(O)CC7C7=CC8CCCC89CC76C6CC9c7cc(O)c(O)cc7C64C3C(C#CC2Cc2ccccc2)CN5)c(CO)cc1O. The Kier molecular flexibility index (Phi) is 10.2. The molecule has 1 heterocycles. The Morgan fingerprint density at radius 1 is 0.929 bits per heavy atom. The number of aromatic hydroxyl groups is 3. The zero-order chi connectivity index (χ0) is 48.1. The molecule has 3 aromatic carbocycles. The minimum absolute atomic E-state index is 0.0283. The molecule has 10 nitrogen and oxygen atoms in total. The van der Waals surface area contributed by atoms with Gasteiger partial charge in [0.15, 0.2) is 23.0 Å². The Hall–Kier alpha value is -4.89. The lowest BCUT2D eigenvalue weighted by Crippen LogP contribution is -2.86. The molecule has 4 saturated carbocycles. The van der Waals surface area contributed by atoms with Gasteiger partial charge in [-0.15, -0.1) is 0 Å². The second-order valence-corrected chi connectivity index (χ2v) is 23.7. The molecule has 16 atom stereocenters. The number of hydrogen-bond acceptors (Lipinski definition) is 10. The highest BCUT2D eigenvalue weighted by molar-refractivity contribution is 5.81.